The number of rotatable bonds is 4. The van der Waals surface area contributed by atoms with Crippen molar-refractivity contribution >= 4 is 11.6 Å². The molecule has 1 heterocycles. The predicted molar refractivity (Wildman–Crippen MR) is 77.7 cm³/mol. The van der Waals surface area contributed by atoms with E-state index in [9.17, 15) is 14.4 Å². The average molecular weight is 289 g/mol. The molecule has 0 fully saturated rings. The van der Waals surface area contributed by atoms with Gasteiger partial charge in [0.2, 0.25) is 5.91 Å². The Labute approximate surface area is 120 Å². The molecule has 1 aromatic carbocycles. The standard InChI is InChI=1S/C14H15N3O4/c1-8-11(13(19)17-14(20)15-8)7-12(18)16-9-3-5-10(21-2)6-4-9/h3-6H,7H2,1-2H3,(H,16,18)(H2,15,17,19,20). The Bertz CT molecular complexity index is 759. The molecule has 1 aromatic heterocycles. The van der Waals surface area contributed by atoms with Crippen molar-refractivity contribution < 1.29 is 9.53 Å². The number of nitrogens with one attached hydrogen (secondary N) is 3. The fraction of sp³-hybridized carbons (Fsp3) is 0.214. The molecule has 0 unspecified atom stereocenters. The van der Waals surface area contributed by atoms with Gasteiger partial charge in [0.25, 0.3) is 5.56 Å². The SMILES string of the molecule is COc1ccc(NC(=O)Cc2c(C)[nH]c(=O)[nH]c2=O)cc1. The van der Waals surface area contributed by atoms with Gasteiger partial charge in [-0.25, -0.2) is 4.79 Å². The van der Waals surface area contributed by atoms with Gasteiger partial charge in [-0.2, -0.15) is 0 Å². The van der Waals surface area contributed by atoms with Crippen LogP contribution >= 0.6 is 0 Å². The molecule has 0 aliphatic heterocycles. The number of hydrogen-bond donors (Lipinski definition) is 3. The van der Waals surface area contributed by atoms with E-state index in [4.69, 9.17) is 4.74 Å². The molecule has 0 aliphatic carbocycles. The fourth-order valence-corrected chi connectivity index (χ4v) is 1.88. The number of aromatic amines is 2. The summed E-state index contributed by atoms with van der Waals surface area (Å²) in [5.41, 5.74) is 0.0755. The Morgan fingerprint density at radius 3 is 2.43 bits per heavy atom. The van der Waals surface area contributed by atoms with Crippen LogP contribution in [0.5, 0.6) is 5.75 Å². The highest BCUT2D eigenvalue weighted by atomic mass is 16.5. The normalized spacial score (nSPS) is 10.2. The van der Waals surface area contributed by atoms with Gasteiger partial charge in [-0.15, -0.1) is 0 Å². The molecule has 0 saturated carbocycles. The van der Waals surface area contributed by atoms with Gasteiger partial charge in [0.15, 0.2) is 0 Å². The van der Waals surface area contributed by atoms with E-state index in [1.54, 1.807) is 38.3 Å². The van der Waals surface area contributed by atoms with E-state index in [0.717, 1.165) is 0 Å². The number of benzene rings is 1. The van der Waals surface area contributed by atoms with E-state index in [2.05, 4.69) is 15.3 Å². The van der Waals surface area contributed by atoms with Crippen LogP contribution in [0.15, 0.2) is 33.9 Å². The maximum Gasteiger partial charge on any atom is 0.325 e. The summed E-state index contributed by atoms with van der Waals surface area (Å²) in [6.07, 6.45) is -0.121. The molecular weight excluding hydrogens is 274 g/mol. The van der Waals surface area contributed by atoms with E-state index in [1.807, 2.05) is 0 Å². The Balaban J connectivity index is 2.11. The third-order valence-corrected chi connectivity index (χ3v) is 2.97. The lowest BCUT2D eigenvalue weighted by atomic mass is 10.1. The molecule has 7 heteroatoms. The van der Waals surface area contributed by atoms with Gasteiger partial charge in [-0.05, 0) is 31.2 Å². The maximum atomic E-state index is 11.9. The second-order valence-corrected chi connectivity index (χ2v) is 4.47. The number of methoxy groups -OCH3 is 1. The Morgan fingerprint density at radius 2 is 1.86 bits per heavy atom. The van der Waals surface area contributed by atoms with Crippen molar-refractivity contribution in [1.82, 2.24) is 9.97 Å². The van der Waals surface area contributed by atoms with Crippen LogP contribution in [0, 0.1) is 6.92 Å². The zero-order chi connectivity index (χ0) is 15.4. The smallest absolute Gasteiger partial charge is 0.325 e. The van der Waals surface area contributed by atoms with Gasteiger partial charge in [0.05, 0.1) is 13.5 Å². The molecular formula is C14H15N3O4. The van der Waals surface area contributed by atoms with E-state index in [0.29, 0.717) is 17.1 Å². The predicted octanol–water partition coefficient (Wildman–Crippen LogP) is 0.561. The van der Waals surface area contributed by atoms with E-state index in [1.165, 1.54) is 0 Å². The number of H-pyrrole nitrogens is 2. The monoisotopic (exact) mass is 289 g/mol. The summed E-state index contributed by atoms with van der Waals surface area (Å²) < 4.78 is 5.02. The molecule has 0 radical (unpaired) electrons. The first kappa shape index (κ1) is 14.6. The van der Waals surface area contributed by atoms with Crippen LogP contribution in [0.4, 0.5) is 5.69 Å². The van der Waals surface area contributed by atoms with Crippen molar-refractivity contribution in [3.63, 3.8) is 0 Å². The molecule has 0 aliphatic rings. The van der Waals surface area contributed by atoms with Gasteiger partial charge in [0, 0.05) is 16.9 Å². The lowest BCUT2D eigenvalue weighted by molar-refractivity contribution is -0.115. The summed E-state index contributed by atoms with van der Waals surface area (Å²) >= 11 is 0. The molecule has 21 heavy (non-hydrogen) atoms. The van der Waals surface area contributed by atoms with Gasteiger partial charge in [0.1, 0.15) is 5.75 Å². The molecule has 0 saturated heterocycles. The fourth-order valence-electron chi connectivity index (χ4n) is 1.88. The van der Waals surface area contributed by atoms with Crippen molar-refractivity contribution in [2.75, 3.05) is 12.4 Å². The van der Waals surface area contributed by atoms with Crippen LogP contribution in [0.2, 0.25) is 0 Å². The highest BCUT2D eigenvalue weighted by Crippen LogP contribution is 2.15. The molecule has 2 rings (SSSR count). The lowest BCUT2D eigenvalue weighted by Gasteiger charge is -2.07. The van der Waals surface area contributed by atoms with Crippen molar-refractivity contribution in [3.8, 4) is 5.75 Å². The van der Waals surface area contributed by atoms with Gasteiger partial charge < -0.3 is 15.0 Å². The van der Waals surface area contributed by atoms with Crippen molar-refractivity contribution in [2.45, 2.75) is 13.3 Å². The van der Waals surface area contributed by atoms with Crippen LogP contribution < -0.4 is 21.3 Å². The molecule has 0 atom stereocenters. The van der Waals surface area contributed by atoms with Crippen LogP contribution in [0.1, 0.15) is 11.3 Å². The highest BCUT2D eigenvalue weighted by Gasteiger charge is 2.11. The summed E-state index contributed by atoms with van der Waals surface area (Å²) in [5, 5.41) is 2.67. The second kappa shape index (κ2) is 6.08. The van der Waals surface area contributed by atoms with Crippen LogP contribution in [-0.2, 0) is 11.2 Å². The molecule has 0 spiro atoms. The van der Waals surface area contributed by atoms with E-state index < -0.39 is 11.2 Å². The first-order valence-corrected chi connectivity index (χ1v) is 6.25. The van der Waals surface area contributed by atoms with Crippen LogP contribution in [0.3, 0.4) is 0 Å². The molecule has 1 amide bonds. The molecule has 7 nitrogen and oxygen atoms in total. The highest BCUT2D eigenvalue weighted by molar-refractivity contribution is 5.92. The summed E-state index contributed by atoms with van der Waals surface area (Å²) in [5.74, 6) is 0.335. The number of amides is 1. The zero-order valence-electron chi connectivity index (χ0n) is 11.6. The zero-order valence-corrected chi connectivity index (χ0v) is 11.6. The number of aromatic nitrogens is 2. The van der Waals surface area contributed by atoms with Crippen LogP contribution in [-0.4, -0.2) is 23.0 Å². The topological polar surface area (TPSA) is 104 Å². The first-order valence-electron chi connectivity index (χ1n) is 6.25. The second-order valence-electron chi connectivity index (χ2n) is 4.47. The lowest BCUT2D eigenvalue weighted by Crippen LogP contribution is -2.29. The number of ether oxygens (including phenoxy) is 1. The first-order chi connectivity index (χ1) is 9.99. The third-order valence-electron chi connectivity index (χ3n) is 2.97. The Hall–Kier alpha value is -2.83. The van der Waals surface area contributed by atoms with Crippen molar-refractivity contribution in [1.29, 1.82) is 0 Å². The number of hydrogen-bond acceptors (Lipinski definition) is 4. The Morgan fingerprint density at radius 1 is 1.19 bits per heavy atom. The Kier molecular flexibility index (Phi) is 4.22. The number of carbonyl (C=O) groups is 1. The minimum atomic E-state index is -0.586. The molecule has 0 bridgehead atoms. The van der Waals surface area contributed by atoms with Crippen molar-refractivity contribution in [2.24, 2.45) is 0 Å². The average Bonchev–Trinajstić information content (AvgIpc) is 2.43. The van der Waals surface area contributed by atoms with Crippen LogP contribution in [0.25, 0.3) is 0 Å². The minimum Gasteiger partial charge on any atom is -0.497 e. The number of carbonyl (C=O) groups excluding carboxylic acids is 1. The summed E-state index contributed by atoms with van der Waals surface area (Å²) in [4.78, 5) is 39.2. The summed E-state index contributed by atoms with van der Waals surface area (Å²) in [6, 6.07) is 6.82. The number of aryl methyl sites for hydroxylation is 1. The molecule has 3 N–H and O–H groups in total. The number of anilines is 1. The van der Waals surface area contributed by atoms with Gasteiger partial charge in [-0.1, -0.05) is 0 Å². The maximum absolute atomic E-state index is 11.9. The third kappa shape index (κ3) is 3.59. The summed E-state index contributed by atoms with van der Waals surface area (Å²) in [7, 11) is 1.55. The van der Waals surface area contributed by atoms with Gasteiger partial charge >= 0.3 is 5.69 Å². The minimum absolute atomic E-state index is 0.121. The van der Waals surface area contributed by atoms with Gasteiger partial charge in [-0.3, -0.25) is 14.6 Å². The molecule has 2 aromatic rings. The van der Waals surface area contributed by atoms with E-state index >= 15 is 0 Å². The van der Waals surface area contributed by atoms with Crippen molar-refractivity contribution in [3.05, 3.63) is 56.4 Å². The van der Waals surface area contributed by atoms with E-state index in [-0.39, 0.29) is 17.9 Å². The quantitative estimate of drug-likeness (QED) is 0.765. The summed E-state index contributed by atoms with van der Waals surface area (Å²) in [6.45, 7) is 1.58. The largest absolute Gasteiger partial charge is 0.497 e. The molecule has 110 valence electrons.